The van der Waals surface area contributed by atoms with Crippen LogP contribution < -0.4 is 0 Å². The third-order valence-corrected chi connectivity index (χ3v) is 4.84. The fraction of sp³-hybridized carbons (Fsp3) is 0.467. The number of nitrogens with zero attached hydrogens (tertiary/aromatic N) is 2. The molecule has 2 aromatic heterocycles. The van der Waals surface area contributed by atoms with Crippen molar-refractivity contribution in [2.24, 2.45) is 0 Å². The van der Waals surface area contributed by atoms with Gasteiger partial charge in [-0.25, -0.2) is 4.98 Å². The maximum Gasteiger partial charge on any atom is 0.304 e. The van der Waals surface area contributed by atoms with Crippen LogP contribution in [0.3, 0.4) is 0 Å². The van der Waals surface area contributed by atoms with E-state index in [9.17, 15) is 4.79 Å². The number of aliphatic carboxylic acids is 1. The van der Waals surface area contributed by atoms with Gasteiger partial charge in [0, 0.05) is 35.0 Å². The number of hydrogen-bond acceptors (Lipinski definition) is 5. The van der Waals surface area contributed by atoms with E-state index in [0.29, 0.717) is 13.1 Å². The standard InChI is InChI=1S/C15H20N2O2S2/c1-15(2,3)17(6-4-13(18)19)8-12-10-21-14(16-12)11-5-7-20-9-11/h5,7,9-10H,4,6,8H2,1-3H3,(H,18,19). The number of carboxylic acids is 1. The minimum Gasteiger partial charge on any atom is -0.481 e. The number of carboxylic acid groups (broad SMARTS) is 1. The maximum absolute atomic E-state index is 10.8. The number of aromatic nitrogens is 1. The van der Waals surface area contributed by atoms with E-state index in [1.54, 1.807) is 22.7 Å². The van der Waals surface area contributed by atoms with Crippen molar-refractivity contribution >= 4 is 28.6 Å². The zero-order valence-electron chi connectivity index (χ0n) is 12.5. The van der Waals surface area contributed by atoms with Gasteiger partial charge in [-0.15, -0.1) is 11.3 Å². The van der Waals surface area contributed by atoms with Gasteiger partial charge in [0.15, 0.2) is 0 Å². The molecule has 0 atom stereocenters. The van der Waals surface area contributed by atoms with Crippen molar-refractivity contribution < 1.29 is 9.90 Å². The lowest BCUT2D eigenvalue weighted by Gasteiger charge is -2.34. The van der Waals surface area contributed by atoms with Crippen LogP contribution in [-0.4, -0.2) is 33.0 Å². The Hall–Kier alpha value is -1.24. The van der Waals surface area contributed by atoms with Crippen LogP contribution in [-0.2, 0) is 11.3 Å². The maximum atomic E-state index is 10.8. The molecule has 0 unspecified atom stereocenters. The molecule has 0 aliphatic carbocycles. The summed E-state index contributed by atoms with van der Waals surface area (Å²) >= 11 is 3.30. The van der Waals surface area contributed by atoms with E-state index in [0.717, 1.165) is 16.3 Å². The van der Waals surface area contributed by atoms with Crippen LogP contribution in [0.4, 0.5) is 0 Å². The Morgan fingerprint density at radius 2 is 2.14 bits per heavy atom. The number of thiophene rings is 1. The first kappa shape index (κ1) is 16.1. The molecule has 0 aliphatic rings. The first-order valence-corrected chi connectivity index (χ1v) is 8.62. The van der Waals surface area contributed by atoms with Gasteiger partial charge in [0.1, 0.15) is 5.01 Å². The van der Waals surface area contributed by atoms with E-state index in [2.05, 4.69) is 47.5 Å². The monoisotopic (exact) mass is 324 g/mol. The van der Waals surface area contributed by atoms with E-state index in [4.69, 9.17) is 5.11 Å². The smallest absolute Gasteiger partial charge is 0.304 e. The van der Waals surface area contributed by atoms with Crippen LogP contribution in [0, 0.1) is 0 Å². The van der Waals surface area contributed by atoms with Gasteiger partial charge in [0.05, 0.1) is 12.1 Å². The van der Waals surface area contributed by atoms with Gasteiger partial charge in [-0.3, -0.25) is 9.69 Å². The third kappa shape index (κ3) is 4.62. The second-order valence-corrected chi connectivity index (χ2v) is 7.53. The molecule has 0 aromatic carbocycles. The summed E-state index contributed by atoms with van der Waals surface area (Å²) in [5.41, 5.74) is 2.08. The summed E-state index contributed by atoms with van der Waals surface area (Å²) in [6.45, 7) is 7.50. The van der Waals surface area contributed by atoms with Gasteiger partial charge >= 0.3 is 5.97 Å². The van der Waals surface area contributed by atoms with Crippen molar-refractivity contribution in [1.29, 1.82) is 0 Å². The fourth-order valence-electron chi connectivity index (χ4n) is 1.98. The Kier molecular flexibility index (Phi) is 5.13. The first-order chi connectivity index (χ1) is 9.86. The topological polar surface area (TPSA) is 53.4 Å². The molecule has 4 nitrogen and oxygen atoms in total. The largest absolute Gasteiger partial charge is 0.481 e. The molecule has 2 rings (SSSR count). The summed E-state index contributed by atoms with van der Waals surface area (Å²) in [5, 5.41) is 16.1. The molecular formula is C15H20N2O2S2. The summed E-state index contributed by atoms with van der Waals surface area (Å²) in [5.74, 6) is -0.763. The van der Waals surface area contributed by atoms with Crippen molar-refractivity contribution in [3.05, 3.63) is 27.9 Å². The quantitative estimate of drug-likeness (QED) is 0.874. The average molecular weight is 324 g/mol. The van der Waals surface area contributed by atoms with Crippen molar-refractivity contribution in [1.82, 2.24) is 9.88 Å². The highest BCUT2D eigenvalue weighted by Gasteiger charge is 2.23. The molecular weight excluding hydrogens is 304 g/mol. The second kappa shape index (κ2) is 6.68. The van der Waals surface area contributed by atoms with Gasteiger partial charge in [-0.1, -0.05) is 0 Å². The summed E-state index contributed by atoms with van der Waals surface area (Å²) in [7, 11) is 0. The molecule has 0 saturated carbocycles. The van der Waals surface area contributed by atoms with Gasteiger partial charge in [-0.2, -0.15) is 11.3 Å². The van der Waals surface area contributed by atoms with Crippen LogP contribution >= 0.6 is 22.7 Å². The molecule has 21 heavy (non-hydrogen) atoms. The third-order valence-electron chi connectivity index (χ3n) is 3.22. The highest BCUT2D eigenvalue weighted by Crippen LogP contribution is 2.27. The Bertz CT molecular complexity index is 585. The highest BCUT2D eigenvalue weighted by atomic mass is 32.1. The summed E-state index contributed by atoms with van der Waals surface area (Å²) < 4.78 is 0. The lowest BCUT2D eigenvalue weighted by Crippen LogP contribution is -2.42. The highest BCUT2D eigenvalue weighted by molar-refractivity contribution is 7.14. The Morgan fingerprint density at radius 3 is 2.71 bits per heavy atom. The van der Waals surface area contributed by atoms with E-state index >= 15 is 0 Å². The lowest BCUT2D eigenvalue weighted by molar-refractivity contribution is -0.137. The van der Waals surface area contributed by atoms with Crippen molar-refractivity contribution in [3.63, 3.8) is 0 Å². The van der Waals surface area contributed by atoms with E-state index in [1.165, 1.54) is 0 Å². The number of rotatable bonds is 6. The molecule has 6 heteroatoms. The zero-order valence-corrected chi connectivity index (χ0v) is 14.1. The van der Waals surface area contributed by atoms with Crippen LogP contribution in [0.25, 0.3) is 10.6 Å². The number of carbonyl (C=O) groups is 1. The molecule has 0 saturated heterocycles. The summed E-state index contributed by atoms with van der Waals surface area (Å²) in [6, 6.07) is 2.07. The summed E-state index contributed by atoms with van der Waals surface area (Å²) in [6.07, 6.45) is 0.152. The van der Waals surface area contributed by atoms with Gasteiger partial charge in [0.2, 0.25) is 0 Å². The molecule has 0 spiro atoms. The second-order valence-electron chi connectivity index (χ2n) is 5.89. The zero-order chi connectivity index (χ0) is 15.5. The van der Waals surface area contributed by atoms with Crippen molar-refractivity contribution in [2.75, 3.05) is 6.54 Å². The van der Waals surface area contributed by atoms with Gasteiger partial charge in [-0.05, 0) is 32.2 Å². The van der Waals surface area contributed by atoms with Gasteiger partial charge < -0.3 is 5.11 Å². The predicted octanol–water partition coefficient (Wildman–Crippen LogP) is 3.95. The van der Waals surface area contributed by atoms with Crippen LogP contribution in [0.1, 0.15) is 32.9 Å². The van der Waals surface area contributed by atoms with E-state index in [-0.39, 0.29) is 12.0 Å². The van der Waals surface area contributed by atoms with Crippen LogP contribution in [0.5, 0.6) is 0 Å². The normalized spacial score (nSPS) is 12.0. The fourth-order valence-corrected chi connectivity index (χ4v) is 3.50. The minimum absolute atomic E-state index is 0.0817. The molecule has 2 aromatic rings. The predicted molar refractivity (Wildman–Crippen MR) is 87.8 cm³/mol. The SMILES string of the molecule is CC(C)(C)N(CCC(=O)O)Cc1csc(-c2ccsc2)n1. The Morgan fingerprint density at radius 1 is 1.38 bits per heavy atom. The number of hydrogen-bond donors (Lipinski definition) is 1. The Balaban J connectivity index is 2.08. The molecule has 0 aliphatic heterocycles. The van der Waals surface area contributed by atoms with E-state index in [1.807, 2.05) is 5.38 Å². The molecule has 0 amide bonds. The Labute approximate surface area is 133 Å². The molecule has 0 fully saturated rings. The molecule has 0 bridgehead atoms. The molecule has 1 N–H and O–H groups in total. The first-order valence-electron chi connectivity index (χ1n) is 6.80. The van der Waals surface area contributed by atoms with E-state index < -0.39 is 5.97 Å². The van der Waals surface area contributed by atoms with Crippen LogP contribution in [0.15, 0.2) is 22.2 Å². The molecule has 114 valence electrons. The molecule has 0 radical (unpaired) electrons. The minimum atomic E-state index is -0.763. The lowest BCUT2D eigenvalue weighted by atomic mass is 10.1. The van der Waals surface area contributed by atoms with Gasteiger partial charge in [0.25, 0.3) is 0 Å². The average Bonchev–Trinajstić information content (AvgIpc) is 3.03. The summed E-state index contributed by atoms with van der Waals surface area (Å²) in [4.78, 5) is 17.6. The van der Waals surface area contributed by atoms with Crippen LogP contribution in [0.2, 0.25) is 0 Å². The number of thiazole rings is 1. The van der Waals surface area contributed by atoms with Crippen molar-refractivity contribution in [3.8, 4) is 10.6 Å². The molecule has 2 heterocycles. The van der Waals surface area contributed by atoms with Crippen molar-refractivity contribution in [2.45, 2.75) is 39.3 Å².